The van der Waals surface area contributed by atoms with Gasteiger partial charge in [-0.15, -0.1) is 0 Å². The minimum Gasteiger partial charge on any atom is -0.339 e. The summed E-state index contributed by atoms with van der Waals surface area (Å²) in [6, 6.07) is 5.95. The molecular weight excluding hydrogens is 404 g/mol. The summed E-state index contributed by atoms with van der Waals surface area (Å²) < 4.78 is 26.9. The monoisotopic (exact) mass is 430 g/mol. The molecule has 1 saturated heterocycles. The molecule has 10 heteroatoms. The van der Waals surface area contributed by atoms with Crippen molar-refractivity contribution >= 4 is 33.6 Å². The molecule has 0 bridgehead atoms. The Hall–Kier alpha value is -1.84. The second kappa shape index (κ2) is 10.1. The topological polar surface area (TPSA) is 90.0 Å². The van der Waals surface area contributed by atoms with E-state index in [2.05, 4.69) is 4.72 Å². The van der Waals surface area contributed by atoms with Crippen LogP contribution in [0, 0.1) is 0 Å². The third-order valence-corrected chi connectivity index (χ3v) is 6.37. The second-order valence-corrected chi connectivity index (χ2v) is 8.63. The van der Waals surface area contributed by atoms with Gasteiger partial charge in [-0.1, -0.05) is 17.7 Å². The first-order valence-corrected chi connectivity index (χ1v) is 11.2. The van der Waals surface area contributed by atoms with Gasteiger partial charge in [0.15, 0.2) is 0 Å². The van der Waals surface area contributed by atoms with Gasteiger partial charge < -0.3 is 14.7 Å². The Bertz CT molecular complexity index is 791. The van der Waals surface area contributed by atoms with E-state index in [-0.39, 0.29) is 29.8 Å². The molecule has 0 aliphatic carbocycles. The third kappa shape index (κ3) is 5.83. The van der Waals surface area contributed by atoms with Crippen molar-refractivity contribution in [1.82, 2.24) is 19.4 Å². The van der Waals surface area contributed by atoms with Crippen molar-refractivity contribution in [2.45, 2.75) is 25.2 Å². The maximum atomic E-state index is 12.4. The maximum absolute atomic E-state index is 12.4. The number of benzene rings is 1. The lowest BCUT2D eigenvalue weighted by Gasteiger charge is -2.37. The summed E-state index contributed by atoms with van der Waals surface area (Å²) in [7, 11) is -3.71. The zero-order valence-electron chi connectivity index (χ0n) is 16.2. The highest BCUT2D eigenvalue weighted by atomic mass is 35.5. The Morgan fingerprint density at radius 1 is 1.11 bits per heavy atom. The minimum atomic E-state index is -3.71. The van der Waals surface area contributed by atoms with Crippen LogP contribution in [0.4, 0.5) is 4.79 Å². The molecule has 1 fully saturated rings. The molecule has 0 atom stereocenters. The van der Waals surface area contributed by atoms with Gasteiger partial charge in [0.2, 0.25) is 15.9 Å². The average molecular weight is 431 g/mol. The van der Waals surface area contributed by atoms with Crippen LogP contribution in [0.15, 0.2) is 29.2 Å². The summed E-state index contributed by atoms with van der Waals surface area (Å²) in [5.74, 6) is -0.135. The Labute approximate surface area is 171 Å². The van der Waals surface area contributed by atoms with E-state index in [9.17, 15) is 18.0 Å². The highest BCUT2D eigenvalue weighted by molar-refractivity contribution is 7.89. The maximum Gasteiger partial charge on any atom is 0.320 e. The molecule has 0 spiro atoms. The lowest BCUT2D eigenvalue weighted by atomic mass is 10.3. The number of hydrogen-bond donors (Lipinski definition) is 1. The molecule has 2 rings (SSSR count). The van der Waals surface area contributed by atoms with Crippen molar-refractivity contribution < 1.29 is 18.0 Å². The molecule has 1 aliphatic heterocycles. The van der Waals surface area contributed by atoms with Crippen LogP contribution in [0.5, 0.6) is 0 Å². The number of carbonyl (C=O) groups is 2. The van der Waals surface area contributed by atoms with Crippen LogP contribution >= 0.6 is 11.6 Å². The van der Waals surface area contributed by atoms with E-state index in [4.69, 9.17) is 11.6 Å². The van der Waals surface area contributed by atoms with Crippen LogP contribution in [0.3, 0.4) is 0 Å². The predicted molar refractivity (Wildman–Crippen MR) is 108 cm³/mol. The molecule has 0 unspecified atom stereocenters. The number of hydrogen-bond acceptors (Lipinski definition) is 4. The lowest BCUT2D eigenvalue weighted by Crippen LogP contribution is -2.54. The molecule has 1 aromatic carbocycles. The van der Waals surface area contributed by atoms with Gasteiger partial charge in [-0.3, -0.25) is 4.79 Å². The molecular formula is C18H27ClN4O4S. The van der Waals surface area contributed by atoms with Gasteiger partial charge in [-0.2, -0.15) is 0 Å². The average Bonchev–Trinajstić information content (AvgIpc) is 2.68. The molecule has 1 aliphatic rings. The summed E-state index contributed by atoms with van der Waals surface area (Å²) >= 11 is 5.82. The van der Waals surface area contributed by atoms with Crippen LogP contribution in [-0.4, -0.2) is 80.9 Å². The van der Waals surface area contributed by atoms with Crippen molar-refractivity contribution in [3.05, 3.63) is 29.3 Å². The van der Waals surface area contributed by atoms with Crippen LogP contribution < -0.4 is 4.72 Å². The van der Waals surface area contributed by atoms with E-state index < -0.39 is 10.0 Å². The number of urea groups is 1. The lowest BCUT2D eigenvalue weighted by molar-refractivity contribution is -0.132. The molecule has 8 nitrogen and oxygen atoms in total. The highest BCUT2D eigenvalue weighted by Gasteiger charge is 2.26. The molecule has 0 aromatic heterocycles. The normalized spacial score (nSPS) is 14.8. The first-order chi connectivity index (χ1) is 13.3. The number of amides is 3. The molecule has 0 radical (unpaired) electrons. The van der Waals surface area contributed by atoms with Gasteiger partial charge in [-0.05, 0) is 32.0 Å². The summed E-state index contributed by atoms with van der Waals surface area (Å²) in [6.07, 6.45) is 0.0593. The number of nitrogens with one attached hydrogen (secondary N) is 1. The van der Waals surface area contributed by atoms with Crippen molar-refractivity contribution in [3.8, 4) is 0 Å². The van der Waals surface area contributed by atoms with E-state index in [1.165, 1.54) is 12.1 Å². The quantitative estimate of drug-likeness (QED) is 0.711. The van der Waals surface area contributed by atoms with E-state index in [1.807, 2.05) is 13.8 Å². The smallest absolute Gasteiger partial charge is 0.320 e. The van der Waals surface area contributed by atoms with E-state index in [1.54, 1.807) is 26.8 Å². The van der Waals surface area contributed by atoms with Gasteiger partial charge in [0.1, 0.15) is 0 Å². The van der Waals surface area contributed by atoms with Gasteiger partial charge in [0.05, 0.1) is 4.90 Å². The number of halogens is 1. The summed E-state index contributed by atoms with van der Waals surface area (Å²) in [6.45, 7) is 7.05. The number of carbonyl (C=O) groups excluding carboxylic acids is 2. The van der Waals surface area contributed by atoms with Gasteiger partial charge >= 0.3 is 6.03 Å². The number of rotatable bonds is 7. The molecule has 28 heavy (non-hydrogen) atoms. The second-order valence-electron chi connectivity index (χ2n) is 6.43. The fourth-order valence-electron chi connectivity index (χ4n) is 3.01. The van der Waals surface area contributed by atoms with Crippen LogP contribution in [-0.2, 0) is 14.8 Å². The summed E-state index contributed by atoms with van der Waals surface area (Å²) in [5.41, 5.74) is 0. The first-order valence-electron chi connectivity index (χ1n) is 9.35. The van der Waals surface area contributed by atoms with Crippen LogP contribution in [0.1, 0.15) is 20.3 Å². The largest absolute Gasteiger partial charge is 0.339 e. The van der Waals surface area contributed by atoms with Crippen molar-refractivity contribution in [3.63, 3.8) is 0 Å². The van der Waals surface area contributed by atoms with Gasteiger partial charge in [-0.25, -0.2) is 17.9 Å². The van der Waals surface area contributed by atoms with Crippen molar-refractivity contribution in [2.75, 3.05) is 45.8 Å². The molecule has 156 valence electrons. The fraction of sp³-hybridized carbons (Fsp3) is 0.556. The molecule has 1 aromatic rings. The Kier molecular flexibility index (Phi) is 8.09. The molecule has 3 amide bonds. The van der Waals surface area contributed by atoms with E-state index >= 15 is 0 Å². The Balaban J connectivity index is 1.79. The molecule has 1 heterocycles. The van der Waals surface area contributed by atoms with E-state index in [0.717, 1.165) is 0 Å². The standard InChI is InChI=1S/C18H27ClN4O4S/c1-3-21(4-2)18(25)23-12-10-22(11-13-23)17(24)8-9-20-28(26,27)16-7-5-6-15(19)14-16/h5-7,14,20H,3-4,8-13H2,1-2H3. The fourth-order valence-corrected chi connectivity index (χ4v) is 4.34. The number of nitrogens with zero attached hydrogens (tertiary/aromatic N) is 3. The molecule has 1 N–H and O–H groups in total. The summed E-state index contributed by atoms with van der Waals surface area (Å²) in [4.78, 5) is 29.9. The van der Waals surface area contributed by atoms with Crippen LogP contribution in [0.2, 0.25) is 5.02 Å². The Morgan fingerprint density at radius 3 is 2.29 bits per heavy atom. The Morgan fingerprint density at radius 2 is 1.71 bits per heavy atom. The molecule has 0 saturated carbocycles. The van der Waals surface area contributed by atoms with Crippen molar-refractivity contribution in [1.29, 1.82) is 0 Å². The SMILES string of the molecule is CCN(CC)C(=O)N1CCN(C(=O)CCNS(=O)(=O)c2cccc(Cl)c2)CC1. The number of piperazine rings is 1. The number of sulfonamides is 1. The minimum absolute atomic E-state index is 0.00622. The van der Waals surface area contributed by atoms with E-state index in [0.29, 0.717) is 44.3 Å². The predicted octanol–water partition coefficient (Wildman–Crippen LogP) is 1.61. The van der Waals surface area contributed by atoms with Crippen LogP contribution in [0.25, 0.3) is 0 Å². The van der Waals surface area contributed by atoms with Crippen molar-refractivity contribution in [2.24, 2.45) is 0 Å². The zero-order chi connectivity index (χ0) is 20.7. The third-order valence-electron chi connectivity index (χ3n) is 4.67. The summed E-state index contributed by atoms with van der Waals surface area (Å²) in [5, 5.41) is 0.330. The van der Waals surface area contributed by atoms with Gasteiger partial charge in [0, 0.05) is 57.3 Å². The highest BCUT2D eigenvalue weighted by Crippen LogP contribution is 2.15. The van der Waals surface area contributed by atoms with Gasteiger partial charge in [0.25, 0.3) is 0 Å². The zero-order valence-corrected chi connectivity index (χ0v) is 17.8. The first kappa shape index (κ1) is 22.4.